The first kappa shape index (κ1) is 36.3. The topological polar surface area (TPSA) is 134 Å². The van der Waals surface area contributed by atoms with Gasteiger partial charge >= 0.3 is 11.7 Å². The number of benzene rings is 2. The second kappa shape index (κ2) is 15.4. The van der Waals surface area contributed by atoms with Crippen LogP contribution >= 0.6 is 0 Å². The van der Waals surface area contributed by atoms with Gasteiger partial charge in [0.15, 0.2) is 17.4 Å². The summed E-state index contributed by atoms with van der Waals surface area (Å²) in [6.45, 7) is 8.59. The Morgan fingerprint density at radius 3 is 2.25 bits per heavy atom. The van der Waals surface area contributed by atoms with Crippen molar-refractivity contribution >= 4 is 23.4 Å². The highest BCUT2D eigenvalue weighted by atomic mass is 19.1. The molecule has 13 nitrogen and oxygen atoms in total. The molecule has 0 atom stereocenters. The normalized spacial score (nSPS) is 15.9. The van der Waals surface area contributed by atoms with Gasteiger partial charge in [0.2, 0.25) is 0 Å². The number of ether oxygens (including phenoxy) is 1. The summed E-state index contributed by atoms with van der Waals surface area (Å²) >= 11 is 0. The van der Waals surface area contributed by atoms with Gasteiger partial charge in [-0.15, -0.1) is 0 Å². The lowest BCUT2D eigenvalue weighted by Crippen LogP contribution is -2.53. The average molecular weight is 721 g/mol. The van der Waals surface area contributed by atoms with Gasteiger partial charge in [-0.2, -0.15) is 0 Å². The molecule has 2 aromatic heterocycles. The van der Waals surface area contributed by atoms with E-state index in [1.54, 1.807) is 18.7 Å². The molecule has 52 heavy (non-hydrogen) atoms. The number of hydrogen-bond donors (Lipinski definition) is 2. The molecule has 6 rings (SSSR count). The number of aromatic nitrogens is 3. The van der Waals surface area contributed by atoms with Gasteiger partial charge in [-0.3, -0.25) is 24.4 Å². The maximum Gasteiger partial charge on any atom is 0.335 e. The molecule has 0 radical (unpaired) electrons. The van der Waals surface area contributed by atoms with Crippen molar-refractivity contribution in [3.05, 3.63) is 105 Å². The number of halogens is 3. The van der Waals surface area contributed by atoms with Crippen LogP contribution < -0.4 is 26.6 Å². The fraction of sp³-hybridized carbons (Fsp3) is 0.361. The summed E-state index contributed by atoms with van der Waals surface area (Å²) in [5, 5.41) is 4.93. The maximum atomic E-state index is 15.3. The predicted molar refractivity (Wildman–Crippen MR) is 188 cm³/mol. The van der Waals surface area contributed by atoms with Crippen LogP contribution in [-0.2, 0) is 0 Å². The van der Waals surface area contributed by atoms with E-state index in [1.807, 2.05) is 0 Å². The average Bonchev–Trinajstić information content (AvgIpc) is 3.11. The van der Waals surface area contributed by atoms with Crippen LogP contribution in [0.25, 0.3) is 5.69 Å². The fourth-order valence-electron chi connectivity index (χ4n) is 6.29. The summed E-state index contributed by atoms with van der Waals surface area (Å²) in [5.74, 6) is -4.13. The zero-order valence-electron chi connectivity index (χ0n) is 28.9. The Morgan fingerprint density at radius 1 is 0.885 bits per heavy atom. The number of piperazine rings is 1. The number of carbonyl (C=O) groups is 2. The molecule has 0 saturated carbocycles. The van der Waals surface area contributed by atoms with Crippen molar-refractivity contribution in [2.75, 3.05) is 56.9 Å². The zero-order chi connectivity index (χ0) is 37.1. The van der Waals surface area contributed by atoms with E-state index in [9.17, 15) is 23.6 Å². The molecule has 2 fully saturated rings. The first-order valence-electron chi connectivity index (χ1n) is 16.9. The molecular formula is C36H39F3N8O5. The minimum absolute atomic E-state index is 0.0133. The highest BCUT2D eigenvalue weighted by molar-refractivity contribution is 6.04. The Kier molecular flexibility index (Phi) is 10.8. The third-order valence-electron chi connectivity index (χ3n) is 9.27. The van der Waals surface area contributed by atoms with Gasteiger partial charge in [0.1, 0.15) is 22.9 Å². The van der Waals surface area contributed by atoms with Crippen LogP contribution in [0.5, 0.6) is 11.5 Å². The van der Waals surface area contributed by atoms with E-state index < -0.39 is 57.7 Å². The lowest BCUT2D eigenvalue weighted by Gasteiger charge is -2.42. The van der Waals surface area contributed by atoms with Crippen molar-refractivity contribution in [3.8, 4) is 17.2 Å². The molecule has 3 amide bonds. The summed E-state index contributed by atoms with van der Waals surface area (Å²) in [6.07, 6.45) is 4.12. The molecule has 4 heterocycles. The molecule has 0 bridgehead atoms. The zero-order valence-corrected chi connectivity index (χ0v) is 28.9. The first-order valence-corrected chi connectivity index (χ1v) is 16.9. The van der Waals surface area contributed by atoms with E-state index in [0.29, 0.717) is 29.8 Å². The molecule has 0 aliphatic carbocycles. The van der Waals surface area contributed by atoms with Gasteiger partial charge in [0.05, 0.1) is 11.4 Å². The fourth-order valence-corrected chi connectivity index (χ4v) is 6.29. The molecule has 0 spiro atoms. The van der Waals surface area contributed by atoms with Crippen LogP contribution in [0.2, 0.25) is 0 Å². The number of likely N-dealkylation sites (N-methyl/N-ethyl adjacent to an activating group) is 1. The Morgan fingerprint density at radius 2 is 1.58 bits per heavy atom. The summed E-state index contributed by atoms with van der Waals surface area (Å²) in [5.41, 5.74) is -2.93. The number of pyridine rings is 1. The predicted octanol–water partition coefficient (Wildman–Crippen LogP) is 4.68. The van der Waals surface area contributed by atoms with Crippen LogP contribution in [0.3, 0.4) is 0 Å². The smallest absolute Gasteiger partial charge is 0.335 e. The van der Waals surface area contributed by atoms with Gasteiger partial charge in [-0.1, -0.05) is 0 Å². The highest BCUT2D eigenvalue weighted by Gasteiger charge is 2.29. The molecule has 2 N–H and O–H groups in total. The van der Waals surface area contributed by atoms with E-state index in [-0.39, 0.29) is 23.3 Å². The molecule has 274 valence electrons. The minimum Gasteiger partial charge on any atom is -0.454 e. The number of amides is 3. The van der Waals surface area contributed by atoms with E-state index >= 15 is 8.78 Å². The summed E-state index contributed by atoms with van der Waals surface area (Å²) in [6, 6.07) is 8.32. The van der Waals surface area contributed by atoms with Gasteiger partial charge in [0, 0.05) is 81.9 Å². The molecule has 2 saturated heterocycles. The van der Waals surface area contributed by atoms with Crippen molar-refractivity contribution in [1.29, 1.82) is 0 Å². The summed E-state index contributed by atoms with van der Waals surface area (Å²) < 4.78 is 51.5. The lowest BCUT2D eigenvalue weighted by atomic mass is 10.0. The molecule has 2 aromatic carbocycles. The number of nitrogens with zero attached hydrogens (tertiary/aromatic N) is 6. The van der Waals surface area contributed by atoms with Crippen LogP contribution in [0.1, 0.15) is 43.1 Å². The lowest BCUT2D eigenvalue weighted by molar-refractivity contribution is 0.0765. The largest absolute Gasteiger partial charge is 0.454 e. The number of hydrogen-bond acceptors (Lipinski definition) is 8. The molecule has 4 aromatic rings. The van der Waals surface area contributed by atoms with Crippen LogP contribution in [0.15, 0.2) is 70.5 Å². The Bertz CT molecular complexity index is 2070. The highest BCUT2D eigenvalue weighted by Crippen LogP contribution is 2.30. The number of likely N-dealkylation sites (tertiary alicyclic amines) is 1. The van der Waals surface area contributed by atoms with Crippen LogP contribution in [-0.4, -0.2) is 93.1 Å². The molecule has 2 aliphatic rings. The number of rotatable bonds is 8. The number of piperidine rings is 1. The van der Waals surface area contributed by atoms with Crippen LogP contribution in [0, 0.1) is 17.5 Å². The van der Waals surface area contributed by atoms with Gasteiger partial charge in [-0.05, 0) is 64.1 Å². The number of urea groups is 1. The van der Waals surface area contributed by atoms with E-state index in [1.165, 1.54) is 30.5 Å². The second-order valence-electron chi connectivity index (χ2n) is 13.1. The van der Waals surface area contributed by atoms with Crippen LogP contribution in [0.4, 0.5) is 29.5 Å². The maximum absolute atomic E-state index is 15.3. The molecule has 0 unspecified atom stereocenters. The summed E-state index contributed by atoms with van der Waals surface area (Å²) in [7, 11) is 2.12. The molecule has 2 aliphatic heterocycles. The van der Waals surface area contributed by atoms with E-state index in [4.69, 9.17) is 4.74 Å². The molecule has 16 heteroatoms. The number of nitrogens with one attached hydrogen (secondary N) is 2. The van der Waals surface area contributed by atoms with E-state index in [2.05, 4.69) is 32.5 Å². The number of anilines is 2. The summed E-state index contributed by atoms with van der Waals surface area (Å²) in [4.78, 5) is 63.4. The Hall–Kier alpha value is -5.48. The minimum atomic E-state index is -1.11. The van der Waals surface area contributed by atoms with Crippen molar-refractivity contribution in [1.82, 2.24) is 28.8 Å². The van der Waals surface area contributed by atoms with Crippen molar-refractivity contribution in [2.24, 2.45) is 0 Å². The second-order valence-corrected chi connectivity index (χ2v) is 13.1. The Balaban J connectivity index is 1.12. The van der Waals surface area contributed by atoms with E-state index in [0.717, 1.165) is 68.0 Å². The van der Waals surface area contributed by atoms with Crippen molar-refractivity contribution < 1.29 is 27.5 Å². The molecular weight excluding hydrogens is 681 g/mol. The Labute approximate surface area is 297 Å². The SMILES string of the molecule is CC(C)n1cc(C(=O)Nc2cc(F)c(Oc3ccnc(NC(=O)N4CCC(N5CCN(C)CC5)CC4)c3)cc2F)c(=O)n(-c2ccc(F)cc2)c1=O. The van der Waals surface area contributed by atoms with Gasteiger partial charge in [-0.25, -0.2) is 32.3 Å². The third kappa shape index (κ3) is 8.02. The van der Waals surface area contributed by atoms with Gasteiger partial charge < -0.3 is 19.9 Å². The van der Waals surface area contributed by atoms with Crippen molar-refractivity contribution in [3.63, 3.8) is 0 Å². The quantitative estimate of drug-likeness (QED) is 0.268. The third-order valence-corrected chi connectivity index (χ3v) is 9.27. The number of carbonyl (C=O) groups excluding carboxylic acids is 2. The van der Waals surface area contributed by atoms with Gasteiger partial charge in [0.25, 0.3) is 11.5 Å². The van der Waals surface area contributed by atoms with Crippen molar-refractivity contribution in [2.45, 2.75) is 38.8 Å². The first-order chi connectivity index (χ1) is 24.9. The monoisotopic (exact) mass is 720 g/mol. The standard InChI is InChI=1S/C36H39F3N8O5/c1-22(2)46-21-27(34(49)47(36(46)51)25-6-4-23(37)5-7-25)33(48)41-30-19-29(39)31(20-28(30)38)52-26-8-11-40-32(18-26)42-35(50)45-12-9-24(10-13-45)44-16-14-43(3)15-17-44/h4-8,11,18-22,24H,9-10,12-17H2,1-3H3,(H,41,48)(H,40,42,50).